The van der Waals surface area contributed by atoms with Gasteiger partial charge in [0.25, 0.3) is 0 Å². The van der Waals surface area contributed by atoms with E-state index in [1.54, 1.807) is 19.2 Å². The van der Waals surface area contributed by atoms with Gasteiger partial charge in [-0.1, -0.05) is 11.6 Å². The number of hydrogen-bond acceptors (Lipinski definition) is 3. The molecule has 0 aliphatic heterocycles. The first-order valence-corrected chi connectivity index (χ1v) is 4.77. The van der Waals surface area contributed by atoms with Crippen LogP contribution in [0.1, 0.15) is 17.3 Å². The standard InChI is InChI=1S/C8H5ClO2.C3H8O/c9-7-3-1-6(2-4-7)8(11)5-10;1-3-4-2/h1-5H;3H2,1-2H3. The third-order valence-electron chi connectivity index (χ3n) is 1.52. The summed E-state index contributed by atoms with van der Waals surface area (Å²) in [5.41, 5.74) is 0.365. The molecule has 1 rings (SSSR count). The fourth-order valence-corrected chi connectivity index (χ4v) is 0.808. The summed E-state index contributed by atoms with van der Waals surface area (Å²) in [5, 5.41) is 0.549. The van der Waals surface area contributed by atoms with E-state index in [1.807, 2.05) is 6.92 Å². The first-order valence-electron chi connectivity index (χ1n) is 4.39. The summed E-state index contributed by atoms with van der Waals surface area (Å²) < 4.78 is 4.54. The minimum absolute atomic E-state index is 0.281. The smallest absolute Gasteiger partial charge is 0.225 e. The van der Waals surface area contributed by atoms with E-state index in [2.05, 4.69) is 4.74 Å². The molecule has 0 aliphatic carbocycles. The quantitative estimate of drug-likeness (QED) is 0.453. The van der Waals surface area contributed by atoms with E-state index in [-0.39, 0.29) is 6.29 Å². The number of rotatable bonds is 3. The maximum absolute atomic E-state index is 10.7. The van der Waals surface area contributed by atoms with E-state index in [4.69, 9.17) is 11.6 Å². The third-order valence-corrected chi connectivity index (χ3v) is 1.78. The Morgan fingerprint density at radius 3 is 2.20 bits per heavy atom. The van der Waals surface area contributed by atoms with E-state index >= 15 is 0 Å². The Bertz CT molecular complexity index is 304. The number of ketones is 1. The molecule has 4 heteroatoms. The summed E-state index contributed by atoms with van der Waals surface area (Å²) >= 11 is 5.56. The topological polar surface area (TPSA) is 43.4 Å². The van der Waals surface area contributed by atoms with Crippen molar-refractivity contribution in [2.75, 3.05) is 13.7 Å². The maximum Gasteiger partial charge on any atom is 0.225 e. The molecule has 0 aromatic heterocycles. The number of halogens is 1. The van der Waals surface area contributed by atoms with E-state index in [1.165, 1.54) is 12.1 Å². The highest BCUT2D eigenvalue weighted by Crippen LogP contribution is 2.08. The van der Waals surface area contributed by atoms with Crippen LogP contribution in [0.3, 0.4) is 0 Å². The monoisotopic (exact) mass is 228 g/mol. The molecule has 0 aliphatic rings. The minimum Gasteiger partial charge on any atom is -0.385 e. The van der Waals surface area contributed by atoms with Gasteiger partial charge in [-0.3, -0.25) is 9.59 Å². The van der Waals surface area contributed by atoms with E-state index in [0.717, 1.165) is 6.61 Å². The van der Waals surface area contributed by atoms with Gasteiger partial charge in [0, 0.05) is 24.3 Å². The van der Waals surface area contributed by atoms with Gasteiger partial charge < -0.3 is 4.74 Å². The first kappa shape index (κ1) is 13.8. The molecule has 82 valence electrons. The second kappa shape index (κ2) is 8.15. The second-order valence-electron chi connectivity index (χ2n) is 2.57. The molecule has 0 unspecified atom stereocenters. The van der Waals surface area contributed by atoms with Crippen LogP contribution in [0.15, 0.2) is 24.3 Å². The third kappa shape index (κ3) is 5.99. The Morgan fingerprint density at radius 1 is 1.40 bits per heavy atom. The highest BCUT2D eigenvalue weighted by molar-refractivity contribution is 6.34. The Hall–Kier alpha value is -1.19. The molecule has 0 bridgehead atoms. The minimum atomic E-state index is -0.526. The maximum atomic E-state index is 10.7. The summed E-state index contributed by atoms with van der Waals surface area (Å²) in [6.07, 6.45) is 0.281. The van der Waals surface area contributed by atoms with Crippen molar-refractivity contribution in [3.8, 4) is 0 Å². The van der Waals surface area contributed by atoms with Crippen molar-refractivity contribution in [3.05, 3.63) is 34.9 Å². The van der Waals surface area contributed by atoms with Crippen LogP contribution in [0.4, 0.5) is 0 Å². The number of hydrogen-bond donors (Lipinski definition) is 0. The summed E-state index contributed by atoms with van der Waals surface area (Å²) in [6, 6.07) is 6.16. The lowest BCUT2D eigenvalue weighted by atomic mass is 10.1. The predicted octanol–water partition coefficient (Wildman–Crippen LogP) is 2.37. The molecule has 1 aromatic rings. The summed E-state index contributed by atoms with van der Waals surface area (Å²) in [5.74, 6) is -0.526. The average molecular weight is 229 g/mol. The molecule has 15 heavy (non-hydrogen) atoms. The van der Waals surface area contributed by atoms with Crippen LogP contribution in [0.5, 0.6) is 0 Å². The predicted molar refractivity (Wildman–Crippen MR) is 59.4 cm³/mol. The number of carbonyl (C=O) groups is 2. The van der Waals surface area contributed by atoms with E-state index in [9.17, 15) is 9.59 Å². The molecule has 0 heterocycles. The zero-order chi connectivity index (χ0) is 11.7. The number of carbonyl (C=O) groups excluding carboxylic acids is 2. The number of aldehydes is 1. The molecule has 0 radical (unpaired) electrons. The largest absolute Gasteiger partial charge is 0.385 e. The van der Waals surface area contributed by atoms with Crippen LogP contribution in [0.25, 0.3) is 0 Å². The van der Waals surface area contributed by atoms with Gasteiger partial charge >= 0.3 is 0 Å². The summed E-state index contributed by atoms with van der Waals surface area (Å²) in [7, 11) is 1.68. The molecule has 1 aromatic carbocycles. The fourth-order valence-electron chi connectivity index (χ4n) is 0.682. The van der Waals surface area contributed by atoms with Crippen LogP contribution in [-0.4, -0.2) is 25.8 Å². The van der Waals surface area contributed by atoms with Crippen molar-refractivity contribution < 1.29 is 14.3 Å². The Balaban J connectivity index is 0.000000423. The number of Topliss-reactive ketones (excluding diaryl/α,β-unsaturated/α-hetero) is 1. The molecule has 3 nitrogen and oxygen atoms in total. The van der Waals surface area contributed by atoms with Crippen LogP contribution >= 0.6 is 11.6 Å². The van der Waals surface area contributed by atoms with Crippen molar-refractivity contribution >= 4 is 23.7 Å². The highest BCUT2D eigenvalue weighted by Gasteiger charge is 2.01. The normalized spacial score (nSPS) is 8.73. The van der Waals surface area contributed by atoms with Crippen LogP contribution < -0.4 is 0 Å². The van der Waals surface area contributed by atoms with Crippen LogP contribution in [0.2, 0.25) is 5.02 Å². The van der Waals surface area contributed by atoms with Gasteiger partial charge in [-0.15, -0.1) is 0 Å². The molecule has 0 atom stereocenters. The lowest BCUT2D eigenvalue weighted by Crippen LogP contribution is -1.98. The van der Waals surface area contributed by atoms with Gasteiger partial charge in [0.1, 0.15) is 0 Å². The van der Waals surface area contributed by atoms with Gasteiger partial charge in [-0.25, -0.2) is 0 Å². The van der Waals surface area contributed by atoms with Crippen LogP contribution in [0, 0.1) is 0 Å². The van der Waals surface area contributed by atoms with Gasteiger partial charge in [-0.2, -0.15) is 0 Å². The summed E-state index contributed by atoms with van der Waals surface area (Å²) in [6.45, 7) is 2.78. The molecule has 0 fully saturated rings. The Labute approximate surface area is 94.0 Å². The Morgan fingerprint density at radius 2 is 1.87 bits per heavy atom. The van der Waals surface area contributed by atoms with Crippen LogP contribution in [-0.2, 0) is 9.53 Å². The molecular weight excluding hydrogens is 216 g/mol. The van der Waals surface area contributed by atoms with E-state index < -0.39 is 5.78 Å². The van der Waals surface area contributed by atoms with Crippen molar-refractivity contribution in [2.45, 2.75) is 6.92 Å². The molecule has 0 N–H and O–H groups in total. The van der Waals surface area contributed by atoms with Crippen molar-refractivity contribution in [1.29, 1.82) is 0 Å². The zero-order valence-electron chi connectivity index (χ0n) is 8.70. The lowest BCUT2D eigenvalue weighted by molar-refractivity contribution is -0.104. The van der Waals surface area contributed by atoms with Crippen molar-refractivity contribution in [1.82, 2.24) is 0 Å². The second-order valence-corrected chi connectivity index (χ2v) is 3.00. The molecule has 0 spiro atoms. The van der Waals surface area contributed by atoms with Gasteiger partial charge in [0.15, 0.2) is 6.29 Å². The van der Waals surface area contributed by atoms with Gasteiger partial charge in [0.2, 0.25) is 5.78 Å². The fraction of sp³-hybridized carbons (Fsp3) is 0.273. The molecule has 0 saturated carbocycles. The SMILES string of the molecule is CCOC.O=CC(=O)c1ccc(Cl)cc1. The number of ether oxygens (including phenoxy) is 1. The van der Waals surface area contributed by atoms with Crippen molar-refractivity contribution in [2.24, 2.45) is 0 Å². The molecular formula is C11H13ClO3. The van der Waals surface area contributed by atoms with E-state index in [0.29, 0.717) is 10.6 Å². The lowest BCUT2D eigenvalue weighted by Gasteiger charge is -1.92. The average Bonchev–Trinajstić information content (AvgIpc) is 2.29. The zero-order valence-corrected chi connectivity index (χ0v) is 9.45. The first-order chi connectivity index (χ1) is 7.15. The number of methoxy groups -OCH3 is 1. The summed E-state index contributed by atoms with van der Waals surface area (Å²) in [4.78, 5) is 20.7. The van der Waals surface area contributed by atoms with Crippen molar-refractivity contribution in [3.63, 3.8) is 0 Å². The number of benzene rings is 1. The van der Waals surface area contributed by atoms with Gasteiger partial charge in [0.05, 0.1) is 0 Å². The Kier molecular flexibility index (Phi) is 7.50. The molecule has 0 amide bonds. The highest BCUT2D eigenvalue weighted by atomic mass is 35.5. The van der Waals surface area contributed by atoms with Gasteiger partial charge in [-0.05, 0) is 31.2 Å². The molecule has 0 saturated heterocycles.